The lowest BCUT2D eigenvalue weighted by molar-refractivity contribution is -0.142. The van der Waals surface area contributed by atoms with Crippen molar-refractivity contribution in [3.63, 3.8) is 0 Å². The quantitative estimate of drug-likeness (QED) is 0.164. The minimum atomic E-state index is -0.304. The highest BCUT2D eigenvalue weighted by Gasteiger charge is 2.40. The molecule has 2 aromatic heterocycles. The van der Waals surface area contributed by atoms with Gasteiger partial charge < -0.3 is 24.5 Å². The molecule has 4 aliphatic heterocycles. The predicted molar refractivity (Wildman–Crippen MR) is 203 cm³/mol. The Morgan fingerprint density at radius 1 is 0.623 bits per heavy atom. The molecule has 3 aromatic carbocycles. The van der Waals surface area contributed by atoms with Crippen LogP contribution in [0.1, 0.15) is 86.7 Å². The molecule has 0 bridgehead atoms. The highest BCUT2D eigenvalue weighted by atomic mass is 16.5. The van der Waals surface area contributed by atoms with Gasteiger partial charge in [0.15, 0.2) is 0 Å². The van der Waals surface area contributed by atoms with Gasteiger partial charge in [0, 0.05) is 19.7 Å². The van der Waals surface area contributed by atoms with Gasteiger partial charge in [0.1, 0.15) is 23.8 Å². The molecule has 0 aliphatic carbocycles. The standard InChI is InChI=1S/C43H47N7O3/c51-42(38-13-8-26-53-38)49-24-6-11-36(49)40-44-27-34(46-40)31-18-14-29(15-19-31)30-16-20-32(21-17-30)35-28-45-41(47-35)37-12-7-25-50(37)43(52)39(48-22-4-5-23-48)33-9-2-1-3-10-33/h1-3,9-10,14-21,27-28,36-39H,4-8,11-13,22-26H2,(H,44,46)(H,45,47)/t36-,37-,38-,39+/m0/s1. The summed E-state index contributed by atoms with van der Waals surface area (Å²) in [7, 11) is 0. The van der Waals surface area contributed by atoms with Crippen molar-refractivity contribution in [1.29, 1.82) is 0 Å². The maximum Gasteiger partial charge on any atom is 0.252 e. The molecule has 4 fully saturated rings. The van der Waals surface area contributed by atoms with Crippen LogP contribution in [-0.4, -0.2) is 85.3 Å². The topological polar surface area (TPSA) is 110 Å². The number of imidazole rings is 2. The van der Waals surface area contributed by atoms with E-state index in [-0.39, 0.29) is 36.0 Å². The molecule has 0 saturated carbocycles. The van der Waals surface area contributed by atoms with Crippen molar-refractivity contribution >= 4 is 11.8 Å². The average Bonchev–Trinajstić information content (AvgIpc) is 4.05. The molecule has 53 heavy (non-hydrogen) atoms. The van der Waals surface area contributed by atoms with E-state index in [2.05, 4.69) is 80.4 Å². The lowest BCUT2D eigenvalue weighted by Crippen LogP contribution is -2.42. The number of aromatic amines is 2. The molecule has 4 atom stereocenters. The van der Waals surface area contributed by atoms with E-state index in [0.29, 0.717) is 6.61 Å². The second-order valence-electron chi connectivity index (χ2n) is 15.0. The van der Waals surface area contributed by atoms with Gasteiger partial charge in [-0.25, -0.2) is 9.97 Å². The SMILES string of the molecule is O=C([C@@H]1CCCO1)N1CCC[C@H]1c1ncc(-c2ccc(-c3ccc(-c4cnc([C@@H]5CCCN5C(=O)[C@@H](c5ccccc5)N5CCCC5)[nH]4)cc3)cc2)[nH]1. The zero-order valence-electron chi connectivity index (χ0n) is 30.1. The summed E-state index contributed by atoms with van der Waals surface area (Å²) < 4.78 is 5.69. The molecule has 10 heteroatoms. The Balaban J connectivity index is 0.865. The summed E-state index contributed by atoms with van der Waals surface area (Å²) in [5.74, 6) is 1.99. The van der Waals surface area contributed by atoms with Gasteiger partial charge in [0.2, 0.25) is 5.91 Å². The van der Waals surface area contributed by atoms with E-state index in [1.165, 1.54) is 0 Å². The first kappa shape index (κ1) is 33.8. The van der Waals surface area contributed by atoms with Crippen LogP contribution in [-0.2, 0) is 14.3 Å². The minimum Gasteiger partial charge on any atom is -0.368 e. The Kier molecular flexibility index (Phi) is 9.40. The number of nitrogens with one attached hydrogen (secondary N) is 2. The third kappa shape index (κ3) is 6.70. The average molecular weight is 710 g/mol. The van der Waals surface area contributed by atoms with Crippen LogP contribution in [0, 0.1) is 0 Å². The summed E-state index contributed by atoms with van der Waals surface area (Å²) in [6.07, 6.45) is 11.3. The molecular weight excluding hydrogens is 663 g/mol. The van der Waals surface area contributed by atoms with E-state index in [4.69, 9.17) is 14.7 Å². The zero-order valence-corrected chi connectivity index (χ0v) is 30.1. The number of likely N-dealkylation sites (tertiary alicyclic amines) is 3. The van der Waals surface area contributed by atoms with E-state index in [0.717, 1.165) is 128 Å². The summed E-state index contributed by atoms with van der Waals surface area (Å²) in [5, 5.41) is 0. The molecule has 2 amide bonds. The number of rotatable bonds is 9. The predicted octanol–water partition coefficient (Wildman–Crippen LogP) is 7.48. The van der Waals surface area contributed by atoms with Crippen molar-refractivity contribution in [2.75, 3.05) is 32.8 Å². The normalized spacial score (nSPS) is 22.5. The molecule has 5 aromatic rings. The first-order valence-electron chi connectivity index (χ1n) is 19.4. The number of hydrogen-bond donors (Lipinski definition) is 2. The molecule has 0 radical (unpaired) electrons. The number of nitrogens with zero attached hydrogens (tertiary/aromatic N) is 5. The maximum absolute atomic E-state index is 14.2. The summed E-state index contributed by atoms with van der Waals surface area (Å²) in [5.41, 5.74) is 7.34. The van der Waals surface area contributed by atoms with Crippen molar-refractivity contribution in [2.45, 2.75) is 75.6 Å². The third-order valence-electron chi connectivity index (χ3n) is 11.7. The van der Waals surface area contributed by atoms with Crippen LogP contribution >= 0.6 is 0 Å². The molecule has 272 valence electrons. The molecule has 4 saturated heterocycles. The summed E-state index contributed by atoms with van der Waals surface area (Å²) in [6, 6.07) is 27.0. The number of benzene rings is 3. The summed E-state index contributed by atoms with van der Waals surface area (Å²) in [4.78, 5) is 50.3. The smallest absolute Gasteiger partial charge is 0.252 e. The molecular formula is C43H47N7O3. The maximum atomic E-state index is 14.2. The number of carbonyl (C=O) groups excluding carboxylic acids is 2. The van der Waals surface area contributed by atoms with Crippen LogP contribution in [0.2, 0.25) is 0 Å². The van der Waals surface area contributed by atoms with E-state index in [1.54, 1.807) is 0 Å². The third-order valence-corrected chi connectivity index (χ3v) is 11.7. The van der Waals surface area contributed by atoms with E-state index >= 15 is 0 Å². The van der Waals surface area contributed by atoms with Crippen molar-refractivity contribution in [3.8, 4) is 33.6 Å². The second kappa shape index (κ2) is 14.8. The van der Waals surface area contributed by atoms with Gasteiger partial charge in [-0.3, -0.25) is 14.5 Å². The monoisotopic (exact) mass is 709 g/mol. The Labute approximate surface area is 310 Å². The molecule has 0 unspecified atom stereocenters. The molecule has 10 nitrogen and oxygen atoms in total. The van der Waals surface area contributed by atoms with Crippen LogP contribution < -0.4 is 0 Å². The van der Waals surface area contributed by atoms with Crippen LogP contribution in [0.5, 0.6) is 0 Å². The van der Waals surface area contributed by atoms with Crippen LogP contribution in [0.15, 0.2) is 91.3 Å². The Bertz CT molecular complexity index is 2030. The van der Waals surface area contributed by atoms with E-state index in [1.807, 2.05) is 35.5 Å². The fraction of sp³-hybridized carbons (Fsp3) is 0.395. The molecule has 9 rings (SSSR count). The summed E-state index contributed by atoms with van der Waals surface area (Å²) >= 11 is 0. The molecule has 2 N–H and O–H groups in total. The second-order valence-corrected chi connectivity index (χ2v) is 15.0. The van der Waals surface area contributed by atoms with E-state index in [9.17, 15) is 9.59 Å². The molecule has 4 aliphatic rings. The lowest BCUT2D eigenvalue weighted by Gasteiger charge is -2.33. The molecule has 0 spiro atoms. The van der Waals surface area contributed by atoms with Gasteiger partial charge in [0.05, 0.1) is 35.9 Å². The minimum absolute atomic E-state index is 0.0319. The number of amides is 2. The lowest BCUT2D eigenvalue weighted by atomic mass is 10.0. The first-order chi connectivity index (χ1) is 26.1. The number of aromatic nitrogens is 4. The Hall–Kier alpha value is -5.06. The highest BCUT2D eigenvalue weighted by molar-refractivity contribution is 5.84. The van der Waals surface area contributed by atoms with Gasteiger partial charge in [-0.1, -0.05) is 78.9 Å². The number of carbonyl (C=O) groups is 2. The van der Waals surface area contributed by atoms with Gasteiger partial charge in [0.25, 0.3) is 5.91 Å². The fourth-order valence-corrected chi connectivity index (χ4v) is 8.88. The highest BCUT2D eigenvalue weighted by Crippen LogP contribution is 2.37. The number of ether oxygens (including phenoxy) is 1. The van der Waals surface area contributed by atoms with Crippen LogP contribution in [0.4, 0.5) is 0 Å². The van der Waals surface area contributed by atoms with Gasteiger partial charge >= 0.3 is 0 Å². The number of hydrogen-bond acceptors (Lipinski definition) is 6. The Morgan fingerprint density at radius 3 is 1.74 bits per heavy atom. The largest absolute Gasteiger partial charge is 0.368 e. The van der Waals surface area contributed by atoms with Gasteiger partial charge in [-0.2, -0.15) is 0 Å². The Morgan fingerprint density at radius 2 is 1.17 bits per heavy atom. The van der Waals surface area contributed by atoms with Crippen LogP contribution in [0.3, 0.4) is 0 Å². The first-order valence-corrected chi connectivity index (χ1v) is 19.4. The number of H-pyrrole nitrogens is 2. The van der Waals surface area contributed by atoms with Crippen molar-refractivity contribution < 1.29 is 14.3 Å². The zero-order chi connectivity index (χ0) is 35.7. The van der Waals surface area contributed by atoms with Crippen molar-refractivity contribution in [2.24, 2.45) is 0 Å². The van der Waals surface area contributed by atoms with Crippen LogP contribution in [0.25, 0.3) is 33.6 Å². The van der Waals surface area contributed by atoms with Gasteiger partial charge in [-0.15, -0.1) is 0 Å². The fourth-order valence-electron chi connectivity index (χ4n) is 8.88. The van der Waals surface area contributed by atoms with Crippen molar-refractivity contribution in [1.82, 2.24) is 34.6 Å². The van der Waals surface area contributed by atoms with Crippen molar-refractivity contribution in [3.05, 3.63) is 108 Å². The molecule has 6 heterocycles. The summed E-state index contributed by atoms with van der Waals surface area (Å²) in [6.45, 7) is 4.09. The van der Waals surface area contributed by atoms with E-state index < -0.39 is 0 Å². The van der Waals surface area contributed by atoms with Gasteiger partial charge in [-0.05, 0) is 92.3 Å².